The van der Waals surface area contributed by atoms with Gasteiger partial charge in [-0.2, -0.15) is 5.10 Å². The van der Waals surface area contributed by atoms with Gasteiger partial charge in [0, 0.05) is 43.9 Å². The SMILES string of the molecule is COc1ccc(CN2CCN(C(=O)c3cn[nH]c3-c3ccc(F)cc3)CC2)c(OC)c1OC. The summed E-state index contributed by atoms with van der Waals surface area (Å²) in [6.07, 6.45) is 1.53. The number of aromatic amines is 1. The molecule has 1 aromatic heterocycles. The predicted octanol–water partition coefficient (Wildman–Crippen LogP) is 3.20. The van der Waals surface area contributed by atoms with Crippen molar-refractivity contribution in [2.75, 3.05) is 47.5 Å². The lowest BCUT2D eigenvalue weighted by molar-refractivity contribution is 0.0628. The lowest BCUT2D eigenvalue weighted by Gasteiger charge is -2.35. The molecule has 8 nitrogen and oxygen atoms in total. The number of H-pyrrole nitrogens is 1. The van der Waals surface area contributed by atoms with Gasteiger partial charge in [-0.3, -0.25) is 14.8 Å². The Morgan fingerprint density at radius 2 is 1.67 bits per heavy atom. The summed E-state index contributed by atoms with van der Waals surface area (Å²) in [5.74, 6) is 1.42. The van der Waals surface area contributed by atoms with Crippen LogP contribution in [0, 0.1) is 5.82 Å². The molecular formula is C24H27FN4O4. The fraction of sp³-hybridized carbons (Fsp3) is 0.333. The Morgan fingerprint density at radius 1 is 0.970 bits per heavy atom. The van der Waals surface area contributed by atoms with Crippen molar-refractivity contribution < 1.29 is 23.4 Å². The number of aromatic nitrogens is 2. The molecule has 174 valence electrons. The number of nitrogens with one attached hydrogen (secondary N) is 1. The summed E-state index contributed by atoms with van der Waals surface area (Å²) in [7, 11) is 4.79. The molecule has 1 aliphatic heterocycles. The van der Waals surface area contributed by atoms with Gasteiger partial charge in [0.2, 0.25) is 5.75 Å². The number of halogens is 1. The first kappa shape index (κ1) is 22.6. The third-order valence-corrected chi connectivity index (χ3v) is 5.84. The number of hydrogen-bond donors (Lipinski definition) is 1. The van der Waals surface area contributed by atoms with Gasteiger partial charge in [-0.15, -0.1) is 0 Å². The van der Waals surface area contributed by atoms with E-state index in [4.69, 9.17) is 14.2 Å². The highest BCUT2D eigenvalue weighted by Gasteiger charge is 2.26. The molecule has 1 fully saturated rings. The third kappa shape index (κ3) is 4.63. The first-order chi connectivity index (χ1) is 16.0. The lowest BCUT2D eigenvalue weighted by Crippen LogP contribution is -2.48. The van der Waals surface area contributed by atoms with Gasteiger partial charge in [0.05, 0.1) is 38.8 Å². The zero-order chi connectivity index (χ0) is 23.4. The minimum atomic E-state index is -0.326. The molecule has 0 radical (unpaired) electrons. The maximum Gasteiger partial charge on any atom is 0.257 e. The van der Waals surface area contributed by atoms with Gasteiger partial charge in [0.15, 0.2) is 11.5 Å². The summed E-state index contributed by atoms with van der Waals surface area (Å²) in [6, 6.07) is 9.84. The van der Waals surface area contributed by atoms with Crippen molar-refractivity contribution in [1.82, 2.24) is 20.0 Å². The van der Waals surface area contributed by atoms with Crippen LogP contribution in [-0.2, 0) is 6.54 Å². The molecule has 33 heavy (non-hydrogen) atoms. The number of methoxy groups -OCH3 is 3. The van der Waals surface area contributed by atoms with Crippen molar-refractivity contribution >= 4 is 5.91 Å². The average Bonchev–Trinajstić information content (AvgIpc) is 3.34. The summed E-state index contributed by atoms with van der Waals surface area (Å²) in [4.78, 5) is 17.3. The van der Waals surface area contributed by atoms with E-state index in [0.717, 1.165) is 11.1 Å². The molecule has 1 amide bonds. The smallest absolute Gasteiger partial charge is 0.257 e. The van der Waals surface area contributed by atoms with E-state index in [2.05, 4.69) is 15.1 Å². The van der Waals surface area contributed by atoms with Crippen molar-refractivity contribution in [3.05, 3.63) is 59.5 Å². The summed E-state index contributed by atoms with van der Waals surface area (Å²) in [6.45, 7) is 3.27. The Balaban J connectivity index is 1.43. The second-order valence-electron chi connectivity index (χ2n) is 7.73. The second kappa shape index (κ2) is 9.91. The summed E-state index contributed by atoms with van der Waals surface area (Å²) in [5.41, 5.74) is 2.79. The number of piperazine rings is 1. The highest BCUT2D eigenvalue weighted by atomic mass is 19.1. The maximum atomic E-state index is 13.3. The average molecular weight is 455 g/mol. The van der Waals surface area contributed by atoms with Gasteiger partial charge >= 0.3 is 0 Å². The molecule has 9 heteroatoms. The largest absolute Gasteiger partial charge is 0.493 e. The first-order valence-corrected chi connectivity index (χ1v) is 10.6. The normalized spacial score (nSPS) is 14.2. The van der Waals surface area contributed by atoms with Crippen LogP contribution in [0.1, 0.15) is 15.9 Å². The summed E-state index contributed by atoms with van der Waals surface area (Å²) in [5, 5.41) is 6.91. The highest BCUT2D eigenvalue weighted by molar-refractivity contribution is 5.99. The van der Waals surface area contributed by atoms with Crippen LogP contribution < -0.4 is 14.2 Å². The minimum absolute atomic E-state index is 0.0913. The van der Waals surface area contributed by atoms with Gasteiger partial charge in [-0.25, -0.2) is 4.39 Å². The number of nitrogens with zero attached hydrogens (tertiary/aromatic N) is 3. The first-order valence-electron chi connectivity index (χ1n) is 10.6. The number of amides is 1. The number of rotatable bonds is 7. The molecule has 4 rings (SSSR count). The zero-order valence-electron chi connectivity index (χ0n) is 18.9. The fourth-order valence-electron chi connectivity index (χ4n) is 4.09. The summed E-state index contributed by atoms with van der Waals surface area (Å²) >= 11 is 0. The van der Waals surface area contributed by atoms with E-state index in [-0.39, 0.29) is 11.7 Å². The standard InChI is InChI=1S/C24H27FN4O4/c1-31-20-9-6-17(22(32-2)23(20)33-3)15-28-10-12-29(13-11-28)24(30)19-14-26-27-21(19)16-4-7-18(25)8-5-16/h4-9,14H,10-13,15H2,1-3H3,(H,26,27). The van der Waals surface area contributed by atoms with E-state index in [9.17, 15) is 9.18 Å². The van der Waals surface area contributed by atoms with Gasteiger partial charge in [-0.1, -0.05) is 6.07 Å². The monoisotopic (exact) mass is 454 g/mol. The quantitative estimate of drug-likeness (QED) is 0.591. The van der Waals surface area contributed by atoms with Crippen molar-refractivity contribution in [3.63, 3.8) is 0 Å². The number of hydrogen-bond acceptors (Lipinski definition) is 6. The van der Waals surface area contributed by atoms with Crippen molar-refractivity contribution in [2.45, 2.75) is 6.54 Å². The van der Waals surface area contributed by atoms with Crippen LogP contribution in [-0.4, -0.2) is 73.4 Å². The molecule has 1 saturated heterocycles. The Labute approximate surface area is 191 Å². The molecule has 0 spiro atoms. The van der Waals surface area contributed by atoms with Crippen LogP contribution in [0.25, 0.3) is 11.3 Å². The third-order valence-electron chi connectivity index (χ3n) is 5.84. The molecule has 3 aromatic rings. The highest BCUT2D eigenvalue weighted by Crippen LogP contribution is 2.40. The Hall–Kier alpha value is -3.59. The molecule has 2 aromatic carbocycles. The predicted molar refractivity (Wildman–Crippen MR) is 121 cm³/mol. The van der Waals surface area contributed by atoms with Crippen molar-refractivity contribution in [2.24, 2.45) is 0 Å². The molecule has 1 N–H and O–H groups in total. The Bertz CT molecular complexity index is 1110. The Morgan fingerprint density at radius 3 is 2.30 bits per heavy atom. The second-order valence-corrected chi connectivity index (χ2v) is 7.73. The maximum absolute atomic E-state index is 13.3. The van der Waals surface area contributed by atoms with Gasteiger partial charge < -0.3 is 19.1 Å². The van der Waals surface area contributed by atoms with Crippen LogP contribution in [0.3, 0.4) is 0 Å². The molecule has 2 heterocycles. The van der Waals surface area contributed by atoms with E-state index in [1.165, 1.54) is 18.3 Å². The van der Waals surface area contributed by atoms with E-state index < -0.39 is 0 Å². The topological polar surface area (TPSA) is 79.9 Å². The van der Waals surface area contributed by atoms with Gasteiger partial charge in [-0.05, 0) is 30.3 Å². The van der Waals surface area contributed by atoms with Crippen molar-refractivity contribution in [3.8, 4) is 28.5 Å². The minimum Gasteiger partial charge on any atom is -0.493 e. The molecule has 0 aliphatic carbocycles. The number of carbonyl (C=O) groups excluding carboxylic acids is 1. The van der Waals surface area contributed by atoms with E-state index in [0.29, 0.717) is 61.2 Å². The number of carbonyl (C=O) groups is 1. The molecular weight excluding hydrogens is 427 g/mol. The molecule has 0 bridgehead atoms. The molecule has 0 saturated carbocycles. The van der Waals surface area contributed by atoms with Crippen LogP contribution in [0.2, 0.25) is 0 Å². The van der Waals surface area contributed by atoms with Crippen LogP contribution >= 0.6 is 0 Å². The molecule has 1 aliphatic rings. The van der Waals surface area contributed by atoms with Gasteiger partial charge in [0.25, 0.3) is 5.91 Å². The number of ether oxygens (including phenoxy) is 3. The Kier molecular flexibility index (Phi) is 6.79. The van der Waals surface area contributed by atoms with E-state index >= 15 is 0 Å². The van der Waals surface area contributed by atoms with E-state index in [1.807, 2.05) is 17.0 Å². The molecule has 0 atom stereocenters. The lowest BCUT2D eigenvalue weighted by atomic mass is 10.1. The van der Waals surface area contributed by atoms with Gasteiger partial charge in [0.1, 0.15) is 5.82 Å². The fourth-order valence-corrected chi connectivity index (χ4v) is 4.09. The zero-order valence-corrected chi connectivity index (χ0v) is 18.9. The number of benzene rings is 2. The van der Waals surface area contributed by atoms with Crippen molar-refractivity contribution in [1.29, 1.82) is 0 Å². The van der Waals surface area contributed by atoms with Crippen LogP contribution in [0.4, 0.5) is 4.39 Å². The van der Waals surface area contributed by atoms with E-state index in [1.54, 1.807) is 33.5 Å². The van der Waals surface area contributed by atoms with Crippen LogP contribution in [0.5, 0.6) is 17.2 Å². The molecule has 0 unspecified atom stereocenters. The van der Waals surface area contributed by atoms with Crippen LogP contribution in [0.15, 0.2) is 42.6 Å². The summed E-state index contributed by atoms with van der Waals surface area (Å²) < 4.78 is 29.7.